The summed E-state index contributed by atoms with van der Waals surface area (Å²) in [4.78, 5) is 2.20. The van der Waals surface area contributed by atoms with Gasteiger partial charge in [-0.25, -0.2) is 0 Å². The minimum Gasteiger partial charge on any atom is -0.397 e. The van der Waals surface area contributed by atoms with E-state index in [9.17, 15) is 0 Å². The van der Waals surface area contributed by atoms with Crippen LogP contribution in [0, 0.1) is 0 Å². The molecule has 0 saturated carbocycles. The van der Waals surface area contributed by atoms with Crippen molar-refractivity contribution in [3.8, 4) is 0 Å². The van der Waals surface area contributed by atoms with Gasteiger partial charge in [0.1, 0.15) is 0 Å². The van der Waals surface area contributed by atoms with Crippen molar-refractivity contribution in [3.63, 3.8) is 0 Å². The predicted molar refractivity (Wildman–Crippen MR) is 58.4 cm³/mol. The Labute approximate surface area is 83.9 Å². The summed E-state index contributed by atoms with van der Waals surface area (Å²) in [7, 11) is 2.87. The molecule has 0 fully saturated rings. The highest BCUT2D eigenvalue weighted by Crippen LogP contribution is 2.02. The number of hydrogen-bond donors (Lipinski definition) is 0. The molecule has 0 bridgehead atoms. The molecule has 0 saturated heterocycles. The topological polar surface area (TPSA) is 21.7 Å². The first-order valence-electron chi connectivity index (χ1n) is 5.08. The van der Waals surface area contributed by atoms with Crippen molar-refractivity contribution in [2.45, 2.75) is 26.3 Å². The zero-order chi connectivity index (χ0) is 10.1. The van der Waals surface area contributed by atoms with Gasteiger partial charge in [0.15, 0.2) is 0 Å². The SMILES string of the molecule is CCO[SiH](CCCN(C)C)OCC. The van der Waals surface area contributed by atoms with Crippen LogP contribution in [0.25, 0.3) is 0 Å². The van der Waals surface area contributed by atoms with Crippen LogP contribution in [-0.4, -0.2) is 48.0 Å². The molecule has 0 amide bonds. The Kier molecular flexibility index (Phi) is 8.75. The van der Waals surface area contributed by atoms with Crippen molar-refractivity contribution in [1.82, 2.24) is 4.90 Å². The lowest BCUT2D eigenvalue weighted by molar-refractivity contribution is 0.211. The maximum absolute atomic E-state index is 5.56. The fraction of sp³-hybridized carbons (Fsp3) is 1.00. The summed E-state index contributed by atoms with van der Waals surface area (Å²) in [5, 5.41) is 0. The molecule has 13 heavy (non-hydrogen) atoms. The molecule has 0 aliphatic heterocycles. The zero-order valence-electron chi connectivity index (χ0n) is 9.38. The van der Waals surface area contributed by atoms with Crippen molar-refractivity contribution in [3.05, 3.63) is 0 Å². The Morgan fingerprint density at radius 2 is 1.62 bits per heavy atom. The van der Waals surface area contributed by atoms with Gasteiger partial charge in [-0.1, -0.05) is 0 Å². The van der Waals surface area contributed by atoms with Gasteiger partial charge < -0.3 is 13.8 Å². The van der Waals surface area contributed by atoms with Gasteiger partial charge in [0, 0.05) is 13.2 Å². The van der Waals surface area contributed by atoms with E-state index >= 15 is 0 Å². The Bertz CT molecular complexity index is 106. The molecule has 0 unspecified atom stereocenters. The van der Waals surface area contributed by atoms with Crippen molar-refractivity contribution in [1.29, 1.82) is 0 Å². The molecule has 0 spiro atoms. The molecule has 0 aliphatic carbocycles. The summed E-state index contributed by atoms with van der Waals surface area (Å²) in [6.45, 7) is 6.78. The fourth-order valence-corrected chi connectivity index (χ4v) is 2.85. The van der Waals surface area contributed by atoms with Crippen molar-refractivity contribution in [2.24, 2.45) is 0 Å². The largest absolute Gasteiger partial charge is 0.397 e. The third kappa shape index (κ3) is 8.43. The molecule has 0 aromatic heterocycles. The second kappa shape index (κ2) is 8.68. The van der Waals surface area contributed by atoms with Crippen LogP contribution in [-0.2, 0) is 8.85 Å². The van der Waals surface area contributed by atoms with Gasteiger partial charge in [0.25, 0.3) is 0 Å². The van der Waals surface area contributed by atoms with Gasteiger partial charge in [-0.05, 0) is 47.0 Å². The van der Waals surface area contributed by atoms with E-state index in [4.69, 9.17) is 8.85 Å². The summed E-state index contributed by atoms with van der Waals surface area (Å²) >= 11 is 0. The third-order valence-electron chi connectivity index (χ3n) is 1.75. The first-order chi connectivity index (χ1) is 6.20. The molecule has 0 aromatic carbocycles. The molecule has 4 heteroatoms. The Morgan fingerprint density at radius 3 is 2.00 bits per heavy atom. The Morgan fingerprint density at radius 1 is 1.08 bits per heavy atom. The maximum atomic E-state index is 5.56. The van der Waals surface area contributed by atoms with Crippen molar-refractivity contribution in [2.75, 3.05) is 33.9 Å². The first-order valence-corrected chi connectivity index (χ1v) is 6.84. The highest BCUT2D eigenvalue weighted by molar-refractivity contribution is 6.44. The minimum atomic E-state index is -1.32. The van der Waals surface area contributed by atoms with Crippen LogP contribution in [0.4, 0.5) is 0 Å². The van der Waals surface area contributed by atoms with Crippen LogP contribution in [0.2, 0.25) is 6.04 Å². The molecular weight excluding hydrogens is 182 g/mol. The van der Waals surface area contributed by atoms with E-state index in [0.717, 1.165) is 25.8 Å². The lowest BCUT2D eigenvalue weighted by atomic mass is 10.5. The monoisotopic (exact) mass is 205 g/mol. The van der Waals surface area contributed by atoms with Gasteiger partial charge in [0.05, 0.1) is 0 Å². The van der Waals surface area contributed by atoms with Crippen LogP contribution < -0.4 is 0 Å². The molecule has 0 radical (unpaired) electrons. The van der Waals surface area contributed by atoms with E-state index in [-0.39, 0.29) is 0 Å². The third-order valence-corrected chi connectivity index (χ3v) is 4.04. The van der Waals surface area contributed by atoms with Crippen LogP contribution in [0.3, 0.4) is 0 Å². The van der Waals surface area contributed by atoms with Crippen molar-refractivity contribution < 1.29 is 8.85 Å². The molecular formula is C9H23NO2Si. The van der Waals surface area contributed by atoms with Gasteiger partial charge >= 0.3 is 9.28 Å². The molecule has 0 rings (SSSR count). The molecule has 0 aliphatic rings. The maximum Gasteiger partial charge on any atom is 0.321 e. The van der Waals surface area contributed by atoms with Crippen LogP contribution in [0.5, 0.6) is 0 Å². The van der Waals surface area contributed by atoms with Crippen LogP contribution >= 0.6 is 0 Å². The lowest BCUT2D eigenvalue weighted by Crippen LogP contribution is -2.24. The second-order valence-electron chi connectivity index (χ2n) is 3.29. The van der Waals surface area contributed by atoms with Gasteiger partial charge in [-0.3, -0.25) is 0 Å². The van der Waals surface area contributed by atoms with Gasteiger partial charge in [-0.15, -0.1) is 0 Å². The summed E-state index contributed by atoms with van der Waals surface area (Å²) in [6.07, 6.45) is 1.18. The standard InChI is InChI=1S/C9H23NO2Si/c1-5-11-13(12-6-2)9-7-8-10(3)4/h13H,5-9H2,1-4H3. The summed E-state index contributed by atoms with van der Waals surface area (Å²) in [5.41, 5.74) is 0. The molecule has 0 aromatic rings. The fourth-order valence-electron chi connectivity index (χ4n) is 1.16. The molecule has 0 heterocycles. The smallest absolute Gasteiger partial charge is 0.321 e. The van der Waals surface area contributed by atoms with Crippen LogP contribution in [0.15, 0.2) is 0 Å². The molecule has 3 nitrogen and oxygen atoms in total. The van der Waals surface area contributed by atoms with Gasteiger partial charge in [0.2, 0.25) is 0 Å². The zero-order valence-corrected chi connectivity index (χ0v) is 10.5. The van der Waals surface area contributed by atoms with Gasteiger partial charge in [-0.2, -0.15) is 0 Å². The molecule has 80 valence electrons. The number of nitrogens with zero attached hydrogens (tertiary/aromatic N) is 1. The first kappa shape index (κ1) is 13.1. The normalized spacial score (nSPS) is 11.5. The average Bonchev–Trinajstić information content (AvgIpc) is 2.04. The van der Waals surface area contributed by atoms with E-state index in [1.54, 1.807) is 0 Å². The predicted octanol–water partition coefficient (Wildman–Crippen LogP) is 1.23. The average molecular weight is 205 g/mol. The Balaban J connectivity index is 3.44. The molecule has 0 N–H and O–H groups in total. The lowest BCUT2D eigenvalue weighted by Gasteiger charge is -2.15. The quantitative estimate of drug-likeness (QED) is 0.556. The summed E-state index contributed by atoms with van der Waals surface area (Å²) in [5.74, 6) is 0. The second-order valence-corrected chi connectivity index (χ2v) is 5.39. The van der Waals surface area contributed by atoms with E-state index in [2.05, 4.69) is 19.0 Å². The van der Waals surface area contributed by atoms with E-state index in [1.165, 1.54) is 6.42 Å². The highest BCUT2D eigenvalue weighted by Gasteiger charge is 2.11. The van der Waals surface area contributed by atoms with Crippen molar-refractivity contribution >= 4 is 9.28 Å². The number of rotatable bonds is 8. The summed E-state index contributed by atoms with van der Waals surface area (Å²) < 4.78 is 11.1. The Hall–Kier alpha value is 0.0969. The minimum absolute atomic E-state index is 0.791. The molecule has 0 atom stereocenters. The summed E-state index contributed by atoms with van der Waals surface area (Å²) in [6, 6.07) is 1.12. The van der Waals surface area contributed by atoms with E-state index in [0.29, 0.717) is 0 Å². The van der Waals surface area contributed by atoms with Crippen LogP contribution in [0.1, 0.15) is 20.3 Å². The van der Waals surface area contributed by atoms with E-state index in [1.807, 2.05) is 13.8 Å². The highest BCUT2D eigenvalue weighted by atomic mass is 28.3. The number of hydrogen-bond acceptors (Lipinski definition) is 3. The van der Waals surface area contributed by atoms with E-state index < -0.39 is 9.28 Å².